The first-order valence-corrected chi connectivity index (χ1v) is 7.81. The van der Waals surface area contributed by atoms with E-state index in [2.05, 4.69) is 27.6 Å². The van der Waals surface area contributed by atoms with Crippen LogP contribution in [0.15, 0.2) is 35.7 Å². The molecule has 0 aliphatic rings. The highest BCUT2D eigenvalue weighted by Gasteiger charge is 2.10. The molecule has 0 amide bonds. The molecule has 3 N–H and O–H groups in total. The molecule has 2 heterocycles. The average molecular weight is 298 g/mol. The van der Waals surface area contributed by atoms with Gasteiger partial charge in [0.1, 0.15) is 5.01 Å². The van der Waals surface area contributed by atoms with Crippen LogP contribution in [0.4, 0.5) is 5.69 Å². The molecule has 0 fully saturated rings. The van der Waals surface area contributed by atoms with Gasteiger partial charge in [-0.1, -0.05) is 18.2 Å². The minimum Gasteiger partial charge on any atom is -0.398 e. The number of hydrogen-bond acceptors (Lipinski definition) is 5. The number of fused-ring (bicyclic) bond motifs is 1. The van der Waals surface area contributed by atoms with Gasteiger partial charge in [0, 0.05) is 28.7 Å². The Morgan fingerprint density at radius 3 is 2.86 bits per heavy atom. The second-order valence-electron chi connectivity index (χ2n) is 5.15. The van der Waals surface area contributed by atoms with Crippen LogP contribution in [0.25, 0.3) is 10.9 Å². The number of benzene rings is 1. The van der Waals surface area contributed by atoms with Crippen molar-refractivity contribution in [3.05, 3.63) is 52.1 Å². The number of thiazole rings is 1. The molecule has 0 aliphatic carbocycles. The summed E-state index contributed by atoms with van der Waals surface area (Å²) in [5, 5.41) is 7.62. The summed E-state index contributed by atoms with van der Waals surface area (Å²) >= 11 is 1.68. The van der Waals surface area contributed by atoms with Gasteiger partial charge in [0.2, 0.25) is 0 Å². The predicted molar refractivity (Wildman–Crippen MR) is 88.3 cm³/mol. The van der Waals surface area contributed by atoms with Crippen molar-refractivity contribution >= 4 is 27.9 Å². The lowest BCUT2D eigenvalue weighted by atomic mass is 10.1. The molecule has 4 nitrogen and oxygen atoms in total. The van der Waals surface area contributed by atoms with E-state index in [0.29, 0.717) is 6.54 Å². The number of para-hydroxylation sites is 1. The summed E-state index contributed by atoms with van der Waals surface area (Å²) in [5.41, 5.74) is 9.83. The third-order valence-corrected chi connectivity index (χ3v) is 4.54. The predicted octanol–water partition coefficient (Wildman–Crippen LogP) is 3.43. The second-order valence-corrected chi connectivity index (χ2v) is 6.04. The van der Waals surface area contributed by atoms with Crippen molar-refractivity contribution in [1.29, 1.82) is 0 Å². The SMILES string of the molecule is Cc1csc(C(C)NCc2cc(N)c3ccccc3n2)n1. The first-order chi connectivity index (χ1) is 10.1. The van der Waals surface area contributed by atoms with E-state index in [0.717, 1.165) is 33.0 Å². The number of nitrogens with one attached hydrogen (secondary N) is 1. The molecule has 108 valence electrons. The zero-order chi connectivity index (χ0) is 14.8. The summed E-state index contributed by atoms with van der Waals surface area (Å²) in [4.78, 5) is 9.15. The molecule has 0 saturated carbocycles. The van der Waals surface area contributed by atoms with Crippen LogP contribution in [0.2, 0.25) is 0 Å². The zero-order valence-electron chi connectivity index (χ0n) is 12.1. The summed E-state index contributed by atoms with van der Waals surface area (Å²) in [6.07, 6.45) is 0. The van der Waals surface area contributed by atoms with Crippen molar-refractivity contribution < 1.29 is 0 Å². The lowest BCUT2D eigenvalue weighted by molar-refractivity contribution is 0.565. The fourth-order valence-electron chi connectivity index (χ4n) is 2.27. The van der Waals surface area contributed by atoms with Crippen molar-refractivity contribution in [3.8, 4) is 0 Å². The fourth-order valence-corrected chi connectivity index (χ4v) is 3.09. The monoisotopic (exact) mass is 298 g/mol. The number of nitrogens with zero attached hydrogens (tertiary/aromatic N) is 2. The molecule has 0 radical (unpaired) electrons. The summed E-state index contributed by atoms with van der Waals surface area (Å²) in [6.45, 7) is 4.80. The molecule has 3 aromatic rings. The maximum absolute atomic E-state index is 6.10. The lowest BCUT2D eigenvalue weighted by Gasteiger charge is -2.12. The number of nitrogens with two attached hydrogens (primary N) is 1. The molecule has 1 unspecified atom stereocenters. The largest absolute Gasteiger partial charge is 0.398 e. The Morgan fingerprint density at radius 1 is 1.29 bits per heavy atom. The van der Waals surface area contributed by atoms with E-state index in [-0.39, 0.29) is 6.04 Å². The maximum Gasteiger partial charge on any atom is 0.110 e. The molecule has 0 bridgehead atoms. The van der Waals surface area contributed by atoms with Crippen molar-refractivity contribution in [2.24, 2.45) is 0 Å². The lowest BCUT2D eigenvalue weighted by Crippen LogP contribution is -2.18. The van der Waals surface area contributed by atoms with E-state index in [1.807, 2.05) is 37.3 Å². The Morgan fingerprint density at radius 2 is 2.10 bits per heavy atom. The highest BCUT2D eigenvalue weighted by Crippen LogP contribution is 2.21. The smallest absolute Gasteiger partial charge is 0.110 e. The van der Waals surface area contributed by atoms with Gasteiger partial charge in [-0.2, -0.15) is 0 Å². The minimum absolute atomic E-state index is 0.207. The normalized spacial score (nSPS) is 12.7. The van der Waals surface area contributed by atoms with Gasteiger partial charge in [-0.15, -0.1) is 11.3 Å². The van der Waals surface area contributed by atoms with Crippen molar-refractivity contribution in [1.82, 2.24) is 15.3 Å². The highest BCUT2D eigenvalue weighted by atomic mass is 32.1. The molecule has 0 saturated heterocycles. The highest BCUT2D eigenvalue weighted by molar-refractivity contribution is 7.09. The molecule has 1 aromatic carbocycles. The minimum atomic E-state index is 0.207. The number of aryl methyl sites for hydroxylation is 1. The Balaban J connectivity index is 1.76. The fraction of sp³-hybridized carbons (Fsp3) is 0.250. The van der Waals surface area contributed by atoms with Crippen LogP contribution >= 0.6 is 11.3 Å². The van der Waals surface area contributed by atoms with Crippen LogP contribution in [0, 0.1) is 6.92 Å². The second kappa shape index (κ2) is 5.79. The quantitative estimate of drug-likeness (QED) is 0.774. The number of anilines is 1. The summed E-state index contributed by atoms with van der Waals surface area (Å²) in [6, 6.07) is 10.1. The third kappa shape index (κ3) is 3.04. The third-order valence-electron chi connectivity index (χ3n) is 3.40. The van der Waals surface area contributed by atoms with Gasteiger partial charge in [-0.3, -0.25) is 4.98 Å². The Kier molecular flexibility index (Phi) is 3.86. The first kappa shape index (κ1) is 14.0. The topological polar surface area (TPSA) is 63.8 Å². The zero-order valence-corrected chi connectivity index (χ0v) is 12.9. The summed E-state index contributed by atoms with van der Waals surface area (Å²) in [5.74, 6) is 0. The Labute approximate surface area is 128 Å². The van der Waals surface area contributed by atoms with Crippen LogP contribution in [0.1, 0.15) is 29.4 Å². The van der Waals surface area contributed by atoms with Gasteiger partial charge in [-0.05, 0) is 26.0 Å². The maximum atomic E-state index is 6.10. The Bertz CT molecular complexity index is 766. The van der Waals surface area contributed by atoms with Crippen LogP contribution in [0.3, 0.4) is 0 Å². The number of hydrogen-bond donors (Lipinski definition) is 2. The van der Waals surface area contributed by atoms with Gasteiger partial charge < -0.3 is 11.1 Å². The molecule has 21 heavy (non-hydrogen) atoms. The van der Waals surface area contributed by atoms with Gasteiger partial charge >= 0.3 is 0 Å². The molecule has 1 atom stereocenters. The number of aromatic nitrogens is 2. The molecule has 0 spiro atoms. The number of nitrogen functional groups attached to an aromatic ring is 1. The van der Waals surface area contributed by atoms with Gasteiger partial charge in [-0.25, -0.2) is 4.98 Å². The number of pyridine rings is 1. The van der Waals surface area contributed by atoms with Crippen molar-refractivity contribution in [2.75, 3.05) is 5.73 Å². The van der Waals surface area contributed by atoms with E-state index >= 15 is 0 Å². The summed E-state index contributed by atoms with van der Waals surface area (Å²) < 4.78 is 0. The van der Waals surface area contributed by atoms with Crippen LogP contribution in [0.5, 0.6) is 0 Å². The summed E-state index contributed by atoms with van der Waals surface area (Å²) in [7, 11) is 0. The molecule has 5 heteroatoms. The molecule has 3 rings (SSSR count). The van der Waals surface area contributed by atoms with Gasteiger partial charge in [0.15, 0.2) is 0 Å². The molecular formula is C16H18N4S. The van der Waals surface area contributed by atoms with E-state index < -0.39 is 0 Å². The molecule has 2 aromatic heterocycles. The first-order valence-electron chi connectivity index (χ1n) is 6.93. The van der Waals surface area contributed by atoms with Crippen molar-refractivity contribution in [3.63, 3.8) is 0 Å². The van der Waals surface area contributed by atoms with E-state index in [4.69, 9.17) is 5.73 Å². The van der Waals surface area contributed by atoms with Crippen LogP contribution in [-0.2, 0) is 6.54 Å². The van der Waals surface area contributed by atoms with Crippen LogP contribution < -0.4 is 11.1 Å². The van der Waals surface area contributed by atoms with E-state index in [9.17, 15) is 0 Å². The van der Waals surface area contributed by atoms with Gasteiger partial charge in [0.05, 0.1) is 17.3 Å². The Hall–Kier alpha value is -1.98. The molecular weight excluding hydrogens is 280 g/mol. The average Bonchev–Trinajstić information content (AvgIpc) is 2.91. The van der Waals surface area contributed by atoms with Crippen LogP contribution in [-0.4, -0.2) is 9.97 Å². The van der Waals surface area contributed by atoms with Crippen molar-refractivity contribution in [2.45, 2.75) is 26.4 Å². The van der Waals surface area contributed by atoms with E-state index in [1.54, 1.807) is 11.3 Å². The number of rotatable bonds is 4. The van der Waals surface area contributed by atoms with Gasteiger partial charge in [0.25, 0.3) is 0 Å². The standard InChI is InChI=1S/C16H18N4S/c1-10-9-21-16(19-10)11(2)18-8-12-7-14(17)13-5-3-4-6-15(13)20-12/h3-7,9,11,18H,8H2,1-2H3,(H2,17,20). The van der Waals surface area contributed by atoms with E-state index in [1.165, 1.54) is 0 Å². The molecule has 0 aliphatic heterocycles.